The van der Waals surface area contributed by atoms with Crippen LogP contribution in [0.25, 0.3) is 0 Å². The molecule has 0 bridgehead atoms. The zero-order valence-corrected chi connectivity index (χ0v) is 16.1. The predicted octanol–water partition coefficient (Wildman–Crippen LogP) is 2.57. The number of H-pyrrole nitrogens is 2. The van der Waals surface area contributed by atoms with Crippen molar-refractivity contribution in [3.05, 3.63) is 50.1 Å². The van der Waals surface area contributed by atoms with Crippen LogP contribution in [0.4, 0.5) is 0 Å². The van der Waals surface area contributed by atoms with Gasteiger partial charge in [-0.25, -0.2) is 0 Å². The first-order chi connectivity index (χ1) is 12.3. The third-order valence-electron chi connectivity index (χ3n) is 4.14. The van der Waals surface area contributed by atoms with Crippen molar-refractivity contribution in [3.8, 4) is 11.5 Å². The Morgan fingerprint density at radius 2 is 2.00 bits per heavy atom. The number of benzene rings is 1. The topological polar surface area (TPSA) is 96.2 Å². The summed E-state index contributed by atoms with van der Waals surface area (Å²) >= 11 is 4.93. The van der Waals surface area contributed by atoms with Crippen molar-refractivity contribution < 1.29 is 14.3 Å². The van der Waals surface area contributed by atoms with Crippen LogP contribution < -0.4 is 20.3 Å². The zero-order valence-electron chi connectivity index (χ0n) is 15.3. The highest BCUT2D eigenvalue weighted by Gasteiger charge is 2.16. The van der Waals surface area contributed by atoms with Crippen molar-refractivity contribution in [3.63, 3.8) is 0 Å². The van der Waals surface area contributed by atoms with Gasteiger partial charge in [0.25, 0.3) is 5.56 Å². The minimum absolute atomic E-state index is 0.163. The fraction of sp³-hybridized carbons (Fsp3) is 0.389. The summed E-state index contributed by atoms with van der Waals surface area (Å²) < 4.78 is 10.9. The Labute approximate surface area is 156 Å². The van der Waals surface area contributed by atoms with E-state index in [1.165, 1.54) is 0 Å². The van der Waals surface area contributed by atoms with Gasteiger partial charge in [-0.3, -0.25) is 14.6 Å². The van der Waals surface area contributed by atoms with Crippen molar-refractivity contribution in [2.45, 2.75) is 32.7 Å². The van der Waals surface area contributed by atoms with Crippen LogP contribution in [0, 0.1) is 11.7 Å². The maximum absolute atomic E-state index is 12.3. The maximum atomic E-state index is 12.3. The minimum Gasteiger partial charge on any atom is -0.497 e. The van der Waals surface area contributed by atoms with Crippen molar-refractivity contribution in [2.75, 3.05) is 14.2 Å². The average molecular weight is 377 g/mol. The number of hydrogen-bond acceptors (Lipinski definition) is 5. The summed E-state index contributed by atoms with van der Waals surface area (Å²) in [6.45, 7) is 3.63. The third kappa shape index (κ3) is 4.72. The lowest BCUT2D eigenvalue weighted by Gasteiger charge is -2.18. The number of carbonyl (C=O) groups excluding carboxylic acids is 1. The molecule has 8 heteroatoms. The van der Waals surface area contributed by atoms with Crippen LogP contribution >= 0.6 is 12.2 Å². The molecule has 1 atom stereocenters. The molecule has 1 amide bonds. The van der Waals surface area contributed by atoms with E-state index in [4.69, 9.17) is 21.7 Å². The molecule has 1 aromatic carbocycles. The molecule has 140 valence electrons. The SMILES string of the molecule is COc1ccc(OC)c([C@H](C)NC(=O)CCc2c(C)[nH]c(=S)[nH]c2=O)c1. The van der Waals surface area contributed by atoms with E-state index in [9.17, 15) is 9.59 Å². The molecule has 2 aromatic rings. The summed E-state index contributed by atoms with van der Waals surface area (Å²) in [6.07, 6.45) is 0.506. The number of methoxy groups -OCH3 is 2. The Kier molecular flexibility index (Phi) is 6.57. The molecule has 0 spiro atoms. The van der Waals surface area contributed by atoms with E-state index < -0.39 is 0 Å². The molecule has 0 aliphatic heterocycles. The van der Waals surface area contributed by atoms with Crippen LogP contribution in [-0.4, -0.2) is 30.1 Å². The van der Waals surface area contributed by atoms with Crippen molar-refractivity contribution >= 4 is 18.1 Å². The van der Waals surface area contributed by atoms with Crippen LogP contribution in [0.15, 0.2) is 23.0 Å². The number of hydrogen-bond donors (Lipinski definition) is 3. The van der Waals surface area contributed by atoms with Crippen molar-refractivity contribution in [1.82, 2.24) is 15.3 Å². The normalized spacial score (nSPS) is 11.7. The first-order valence-corrected chi connectivity index (χ1v) is 8.60. The van der Waals surface area contributed by atoms with E-state index in [1.54, 1.807) is 33.3 Å². The molecule has 0 saturated carbocycles. The Morgan fingerprint density at radius 1 is 1.27 bits per heavy atom. The van der Waals surface area contributed by atoms with Gasteiger partial charge in [0.1, 0.15) is 11.5 Å². The molecule has 1 heterocycles. The highest BCUT2D eigenvalue weighted by Crippen LogP contribution is 2.29. The molecule has 3 N–H and O–H groups in total. The Balaban J connectivity index is 2.06. The molecule has 0 aliphatic rings. The molecule has 0 saturated heterocycles. The van der Waals surface area contributed by atoms with E-state index >= 15 is 0 Å². The Bertz CT molecular complexity index is 904. The molecular formula is C18H23N3O4S. The molecule has 26 heavy (non-hydrogen) atoms. The van der Waals surface area contributed by atoms with E-state index in [2.05, 4.69) is 15.3 Å². The lowest BCUT2D eigenvalue weighted by molar-refractivity contribution is -0.121. The second-order valence-corrected chi connectivity index (χ2v) is 6.32. The fourth-order valence-corrected chi connectivity index (χ4v) is 2.98. The van der Waals surface area contributed by atoms with Gasteiger partial charge in [-0.15, -0.1) is 0 Å². The molecule has 0 unspecified atom stereocenters. The zero-order chi connectivity index (χ0) is 19.3. The van der Waals surface area contributed by atoms with Gasteiger partial charge < -0.3 is 19.8 Å². The van der Waals surface area contributed by atoms with E-state index in [0.717, 1.165) is 5.56 Å². The molecular weight excluding hydrogens is 354 g/mol. The number of amides is 1. The second kappa shape index (κ2) is 8.66. The van der Waals surface area contributed by atoms with Gasteiger partial charge in [0, 0.05) is 23.2 Å². The summed E-state index contributed by atoms with van der Waals surface area (Å²) in [5.41, 5.74) is 1.76. The van der Waals surface area contributed by atoms with Gasteiger partial charge in [0.05, 0.1) is 20.3 Å². The van der Waals surface area contributed by atoms with E-state index in [0.29, 0.717) is 29.2 Å². The summed E-state index contributed by atoms with van der Waals surface area (Å²) in [7, 11) is 3.16. The quantitative estimate of drug-likeness (QED) is 0.645. The maximum Gasteiger partial charge on any atom is 0.255 e. The summed E-state index contributed by atoms with van der Waals surface area (Å²) in [4.78, 5) is 29.7. The third-order valence-corrected chi connectivity index (χ3v) is 4.34. The summed E-state index contributed by atoms with van der Waals surface area (Å²) in [6, 6.07) is 5.15. The molecule has 7 nitrogen and oxygen atoms in total. The number of carbonyl (C=O) groups is 1. The van der Waals surface area contributed by atoms with Crippen molar-refractivity contribution in [2.24, 2.45) is 0 Å². The van der Waals surface area contributed by atoms with E-state index in [1.807, 2.05) is 13.0 Å². The van der Waals surface area contributed by atoms with Crippen LogP contribution in [0.1, 0.15) is 36.2 Å². The largest absolute Gasteiger partial charge is 0.497 e. The molecule has 0 fully saturated rings. The minimum atomic E-state index is -0.270. The van der Waals surface area contributed by atoms with Crippen LogP contribution in [0.3, 0.4) is 0 Å². The first kappa shape index (κ1) is 19.7. The van der Waals surface area contributed by atoms with Crippen LogP contribution in [-0.2, 0) is 11.2 Å². The van der Waals surface area contributed by atoms with Crippen LogP contribution in [0.2, 0.25) is 0 Å². The molecule has 0 radical (unpaired) electrons. The van der Waals surface area contributed by atoms with Gasteiger partial charge >= 0.3 is 0 Å². The van der Waals surface area contributed by atoms with E-state index in [-0.39, 0.29) is 28.7 Å². The van der Waals surface area contributed by atoms with Crippen LogP contribution in [0.5, 0.6) is 11.5 Å². The first-order valence-electron chi connectivity index (χ1n) is 8.19. The molecule has 1 aromatic heterocycles. The Hall–Kier alpha value is -2.61. The lowest BCUT2D eigenvalue weighted by atomic mass is 10.1. The Morgan fingerprint density at radius 3 is 2.62 bits per heavy atom. The van der Waals surface area contributed by atoms with Gasteiger partial charge in [0.2, 0.25) is 5.91 Å². The summed E-state index contributed by atoms with van der Waals surface area (Å²) in [5.74, 6) is 1.19. The van der Waals surface area contributed by atoms with Gasteiger partial charge in [0.15, 0.2) is 4.77 Å². The van der Waals surface area contributed by atoms with Gasteiger partial charge in [-0.05, 0) is 50.7 Å². The highest BCUT2D eigenvalue weighted by molar-refractivity contribution is 7.71. The fourth-order valence-electron chi connectivity index (χ4n) is 2.73. The lowest BCUT2D eigenvalue weighted by Crippen LogP contribution is -2.28. The predicted molar refractivity (Wildman–Crippen MR) is 101 cm³/mol. The summed E-state index contributed by atoms with van der Waals surface area (Å²) in [5, 5.41) is 2.93. The monoisotopic (exact) mass is 377 g/mol. The number of rotatable bonds is 7. The number of aryl methyl sites for hydroxylation is 1. The number of ether oxygens (including phenoxy) is 2. The molecule has 2 rings (SSSR count). The highest BCUT2D eigenvalue weighted by atomic mass is 32.1. The number of aromatic amines is 2. The van der Waals surface area contributed by atoms with Gasteiger partial charge in [-0.2, -0.15) is 0 Å². The average Bonchev–Trinajstić information content (AvgIpc) is 2.60. The smallest absolute Gasteiger partial charge is 0.255 e. The number of aromatic nitrogens is 2. The standard InChI is InChI=1S/C18H23N3O4S/c1-10-13(17(23)21-18(26)20-10)6-8-16(22)19-11(2)14-9-12(24-3)5-7-15(14)25-4/h5,7,9,11H,6,8H2,1-4H3,(H,19,22)(H2,20,21,23,26)/t11-/m0/s1. The molecule has 0 aliphatic carbocycles. The number of nitrogens with one attached hydrogen (secondary N) is 3. The van der Waals surface area contributed by atoms with Crippen molar-refractivity contribution in [1.29, 1.82) is 0 Å². The van der Waals surface area contributed by atoms with Gasteiger partial charge in [-0.1, -0.05) is 0 Å². The second-order valence-electron chi connectivity index (χ2n) is 5.91.